The smallest absolute Gasteiger partial charge is 0.348 e. The van der Waals surface area contributed by atoms with Gasteiger partial charge >= 0.3 is 11.9 Å². The molecule has 0 aliphatic carbocycles. The Balaban J connectivity index is 1.74. The van der Waals surface area contributed by atoms with Crippen LogP contribution in [0, 0.1) is 5.92 Å². The maximum atomic E-state index is 12.1. The van der Waals surface area contributed by atoms with E-state index < -0.39 is 23.6 Å². The van der Waals surface area contributed by atoms with Crippen molar-refractivity contribution in [2.45, 2.75) is 38.9 Å². The maximum Gasteiger partial charge on any atom is 0.348 e. The van der Waals surface area contributed by atoms with Gasteiger partial charge < -0.3 is 9.47 Å². The first-order valence-electron chi connectivity index (χ1n) is 7.74. The molecule has 4 heteroatoms. The lowest BCUT2D eigenvalue weighted by Gasteiger charge is -2.35. The molecule has 0 aromatic heterocycles. The molecule has 1 unspecified atom stereocenters. The van der Waals surface area contributed by atoms with Crippen molar-refractivity contribution < 1.29 is 19.1 Å². The normalized spacial score (nSPS) is 20.7. The summed E-state index contributed by atoms with van der Waals surface area (Å²) in [5.74, 6) is -1.28. The van der Waals surface area contributed by atoms with E-state index in [-0.39, 0.29) is 5.97 Å². The zero-order valence-corrected chi connectivity index (χ0v) is 13.5. The standard InChI is InChI=1S/C19H20O4/c1-19(2,3)23-18(21)16-15(17(20)22-16)11-12-8-9-13-6-4-5-7-14(13)10-12/h4-10,15-16H,11H2,1-3H3/t15-,16?/m1/s1. The Kier molecular flexibility index (Phi) is 3.84. The van der Waals surface area contributed by atoms with Gasteiger partial charge in [-0.2, -0.15) is 0 Å². The summed E-state index contributed by atoms with van der Waals surface area (Å²) in [4.78, 5) is 23.8. The predicted octanol–water partition coefficient (Wildman–Crippen LogP) is 3.27. The minimum absolute atomic E-state index is 0.339. The summed E-state index contributed by atoms with van der Waals surface area (Å²) in [5, 5.41) is 2.27. The van der Waals surface area contributed by atoms with E-state index in [9.17, 15) is 9.59 Å². The van der Waals surface area contributed by atoms with Crippen molar-refractivity contribution in [3.63, 3.8) is 0 Å². The predicted molar refractivity (Wildman–Crippen MR) is 86.9 cm³/mol. The minimum atomic E-state index is -0.798. The van der Waals surface area contributed by atoms with Crippen LogP contribution in [0.5, 0.6) is 0 Å². The molecule has 120 valence electrons. The van der Waals surface area contributed by atoms with Gasteiger partial charge in [0, 0.05) is 0 Å². The van der Waals surface area contributed by atoms with Crippen molar-refractivity contribution in [1.82, 2.24) is 0 Å². The number of ether oxygens (including phenoxy) is 2. The number of carbonyl (C=O) groups is 2. The summed E-state index contributed by atoms with van der Waals surface area (Å²) < 4.78 is 10.3. The third kappa shape index (κ3) is 3.36. The van der Waals surface area contributed by atoms with Crippen molar-refractivity contribution in [2.24, 2.45) is 5.92 Å². The number of rotatable bonds is 3. The fourth-order valence-corrected chi connectivity index (χ4v) is 2.73. The SMILES string of the molecule is CC(C)(C)OC(=O)C1OC(=O)[C@@H]1Cc1ccc2ccccc2c1. The minimum Gasteiger partial charge on any atom is -0.457 e. The second-order valence-electron chi connectivity index (χ2n) is 6.88. The molecule has 23 heavy (non-hydrogen) atoms. The Morgan fingerprint density at radius 2 is 1.83 bits per heavy atom. The van der Waals surface area contributed by atoms with E-state index in [1.54, 1.807) is 20.8 Å². The summed E-state index contributed by atoms with van der Waals surface area (Å²) in [6.07, 6.45) is -0.318. The van der Waals surface area contributed by atoms with Gasteiger partial charge in [-0.3, -0.25) is 4.79 Å². The first-order chi connectivity index (χ1) is 10.8. The lowest BCUT2D eigenvalue weighted by molar-refractivity contribution is -0.203. The lowest BCUT2D eigenvalue weighted by atomic mass is 9.89. The van der Waals surface area contributed by atoms with E-state index in [1.165, 1.54) is 0 Å². The molecule has 3 rings (SSSR count). The fourth-order valence-electron chi connectivity index (χ4n) is 2.73. The molecule has 1 aliphatic heterocycles. The molecule has 2 aromatic carbocycles. The Bertz CT molecular complexity index is 757. The molecule has 0 bridgehead atoms. The summed E-state index contributed by atoms with van der Waals surface area (Å²) in [7, 11) is 0. The first-order valence-corrected chi connectivity index (χ1v) is 7.74. The van der Waals surface area contributed by atoms with Crippen LogP contribution in [0.1, 0.15) is 26.3 Å². The molecule has 0 amide bonds. The number of fused-ring (bicyclic) bond motifs is 1. The van der Waals surface area contributed by atoms with Crippen LogP contribution in [-0.2, 0) is 25.5 Å². The Morgan fingerprint density at radius 1 is 1.13 bits per heavy atom. The molecule has 2 aromatic rings. The highest BCUT2D eigenvalue weighted by Gasteiger charge is 2.48. The first kappa shape index (κ1) is 15.5. The van der Waals surface area contributed by atoms with Gasteiger partial charge in [-0.15, -0.1) is 0 Å². The van der Waals surface area contributed by atoms with Crippen molar-refractivity contribution in [3.05, 3.63) is 48.0 Å². The van der Waals surface area contributed by atoms with E-state index in [0.29, 0.717) is 6.42 Å². The van der Waals surface area contributed by atoms with Gasteiger partial charge in [-0.05, 0) is 43.5 Å². The molecular weight excluding hydrogens is 292 g/mol. The Morgan fingerprint density at radius 3 is 2.48 bits per heavy atom. The quantitative estimate of drug-likeness (QED) is 0.816. The van der Waals surface area contributed by atoms with Crippen molar-refractivity contribution >= 4 is 22.7 Å². The molecule has 1 heterocycles. The Labute approximate surface area is 135 Å². The zero-order chi connectivity index (χ0) is 16.6. The van der Waals surface area contributed by atoms with Gasteiger partial charge in [0.2, 0.25) is 6.10 Å². The topological polar surface area (TPSA) is 52.6 Å². The molecule has 0 radical (unpaired) electrons. The van der Waals surface area contributed by atoms with Crippen LogP contribution in [0.15, 0.2) is 42.5 Å². The van der Waals surface area contributed by atoms with Gasteiger partial charge in [-0.1, -0.05) is 42.5 Å². The number of hydrogen-bond donors (Lipinski definition) is 0. The van der Waals surface area contributed by atoms with Crippen molar-refractivity contribution in [2.75, 3.05) is 0 Å². The largest absolute Gasteiger partial charge is 0.457 e. The Hall–Kier alpha value is -2.36. The number of cyclic esters (lactones) is 1. The molecule has 1 aliphatic rings. The van der Waals surface area contributed by atoms with Gasteiger partial charge in [0.25, 0.3) is 0 Å². The van der Waals surface area contributed by atoms with Crippen LogP contribution < -0.4 is 0 Å². The van der Waals surface area contributed by atoms with E-state index in [0.717, 1.165) is 16.3 Å². The molecule has 0 spiro atoms. The number of esters is 2. The van der Waals surface area contributed by atoms with E-state index >= 15 is 0 Å². The van der Waals surface area contributed by atoms with E-state index in [1.807, 2.05) is 42.5 Å². The maximum absolute atomic E-state index is 12.1. The number of carbonyl (C=O) groups excluding carboxylic acids is 2. The molecule has 4 nitrogen and oxygen atoms in total. The fraction of sp³-hybridized carbons (Fsp3) is 0.368. The average molecular weight is 312 g/mol. The van der Waals surface area contributed by atoms with Gasteiger partial charge in [0.05, 0.1) is 0 Å². The molecule has 0 saturated carbocycles. The summed E-state index contributed by atoms with van der Waals surface area (Å²) in [6, 6.07) is 14.1. The van der Waals surface area contributed by atoms with Crippen LogP contribution in [0.4, 0.5) is 0 Å². The average Bonchev–Trinajstić information content (AvgIpc) is 2.48. The summed E-state index contributed by atoms with van der Waals surface area (Å²) in [5.41, 5.74) is 0.422. The van der Waals surface area contributed by atoms with E-state index in [2.05, 4.69) is 0 Å². The van der Waals surface area contributed by atoms with Crippen LogP contribution in [0.3, 0.4) is 0 Å². The van der Waals surface area contributed by atoms with Gasteiger partial charge in [0.15, 0.2) is 0 Å². The molecule has 1 saturated heterocycles. The summed E-state index contributed by atoms with van der Waals surface area (Å²) in [6.45, 7) is 5.39. The highest BCUT2D eigenvalue weighted by Crippen LogP contribution is 2.29. The third-order valence-electron chi connectivity index (χ3n) is 3.82. The molecule has 0 N–H and O–H groups in total. The van der Waals surface area contributed by atoms with Crippen molar-refractivity contribution in [1.29, 1.82) is 0 Å². The third-order valence-corrected chi connectivity index (χ3v) is 3.82. The number of hydrogen-bond acceptors (Lipinski definition) is 4. The summed E-state index contributed by atoms with van der Waals surface area (Å²) >= 11 is 0. The lowest BCUT2D eigenvalue weighted by Crippen LogP contribution is -2.52. The highest BCUT2D eigenvalue weighted by molar-refractivity contribution is 5.92. The van der Waals surface area contributed by atoms with Crippen LogP contribution in [0.25, 0.3) is 10.8 Å². The zero-order valence-electron chi connectivity index (χ0n) is 13.5. The molecular formula is C19H20O4. The number of benzene rings is 2. The van der Waals surface area contributed by atoms with Gasteiger partial charge in [-0.25, -0.2) is 4.79 Å². The molecule has 2 atom stereocenters. The van der Waals surface area contributed by atoms with Crippen LogP contribution >= 0.6 is 0 Å². The van der Waals surface area contributed by atoms with E-state index in [4.69, 9.17) is 9.47 Å². The molecule has 1 fully saturated rings. The van der Waals surface area contributed by atoms with Crippen LogP contribution in [-0.4, -0.2) is 23.6 Å². The van der Waals surface area contributed by atoms with Crippen LogP contribution in [0.2, 0.25) is 0 Å². The monoisotopic (exact) mass is 312 g/mol. The second kappa shape index (κ2) is 5.69. The second-order valence-corrected chi connectivity index (χ2v) is 6.88. The van der Waals surface area contributed by atoms with Gasteiger partial charge in [0.1, 0.15) is 11.5 Å². The highest BCUT2D eigenvalue weighted by atomic mass is 16.6. The van der Waals surface area contributed by atoms with Crippen molar-refractivity contribution in [3.8, 4) is 0 Å².